The van der Waals surface area contributed by atoms with Crippen LogP contribution in [0, 0.1) is 11.6 Å². The van der Waals surface area contributed by atoms with Gasteiger partial charge in [-0.25, -0.2) is 18.6 Å². The summed E-state index contributed by atoms with van der Waals surface area (Å²) in [5.41, 5.74) is 6.07. The van der Waals surface area contributed by atoms with Crippen molar-refractivity contribution in [3.05, 3.63) is 80.9 Å². The average Bonchev–Trinajstić information content (AvgIpc) is 3.21. The number of hydrogen-bond acceptors (Lipinski definition) is 6. The Morgan fingerprint density at radius 3 is 2.60 bits per heavy atom. The van der Waals surface area contributed by atoms with Crippen LogP contribution in [0.3, 0.4) is 0 Å². The molecule has 3 aromatic rings. The molecule has 2 aromatic carbocycles. The van der Waals surface area contributed by atoms with Crippen molar-refractivity contribution in [3.8, 4) is 5.88 Å². The molecule has 1 aliphatic rings. The van der Waals surface area contributed by atoms with E-state index in [0.29, 0.717) is 23.0 Å². The van der Waals surface area contributed by atoms with Gasteiger partial charge in [0.15, 0.2) is 5.02 Å². The van der Waals surface area contributed by atoms with Crippen LogP contribution >= 0.6 is 11.6 Å². The molecule has 0 bridgehead atoms. The van der Waals surface area contributed by atoms with Crippen molar-refractivity contribution in [3.63, 3.8) is 0 Å². The first-order valence-electron chi connectivity index (χ1n) is 10.1. The Morgan fingerprint density at radius 2 is 1.91 bits per heavy atom. The van der Waals surface area contributed by atoms with E-state index in [9.17, 15) is 28.3 Å². The number of rotatable bonds is 6. The van der Waals surface area contributed by atoms with Crippen molar-refractivity contribution in [2.24, 2.45) is 5.73 Å². The molecule has 0 saturated heterocycles. The molecule has 2 heterocycles. The summed E-state index contributed by atoms with van der Waals surface area (Å²) >= 11 is 6.11. The number of urea groups is 1. The van der Waals surface area contributed by atoms with E-state index >= 15 is 0 Å². The van der Waals surface area contributed by atoms with Gasteiger partial charge in [0.25, 0.3) is 11.5 Å². The van der Waals surface area contributed by atoms with Gasteiger partial charge in [-0.05, 0) is 29.8 Å². The van der Waals surface area contributed by atoms with Gasteiger partial charge in [-0.15, -0.1) is 0 Å². The van der Waals surface area contributed by atoms with Crippen LogP contribution in [-0.4, -0.2) is 39.9 Å². The second-order valence-corrected chi connectivity index (χ2v) is 7.91. The molecule has 0 fully saturated rings. The van der Waals surface area contributed by atoms with Crippen LogP contribution in [0.15, 0.2) is 47.5 Å². The maximum atomic E-state index is 13.8. The predicted molar refractivity (Wildman–Crippen MR) is 121 cm³/mol. The molecule has 0 spiro atoms. The minimum Gasteiger partial charge on any atom is -0.471 e. The summed E-state index contributed by atoms with van der Waals surface area (Å²) in [6.45, 7) is -1.23. The lowest BCUT2D eigenvalue weighted by Crippen LogP contribution is -2.42. The van der Waals surface area contributed by atoms with Gasteiger partial charge in [0.1, 0.15) is 37.8 Å². The minimum atomic E-state index is -0.810. The number of amides is 3. The van der Waals surface area contributed by atoms with Gasteiger partial charge in [-0.1, -0.05) is 17.7 Å². The maximum Gasteiger partial charge on any atom is 0.320 e. The molecule has 0 aliphatic carbocycles. The zero-order valence-electron chi connectivity index (χ0n) is 18.0. The lowest BCUT2D eigenvalue weighted by molar-refractivity contribution is -0.121. The number of halogens is 3. The SMILES string of the molecule is NC(=O)N1CN(C(=O)CO)c2cc(Cn3cnc(OCc4ccc(F)cc4F)c(Cl)c3=O)ccc21. The van der Waals surface area contributed by atoms with E-state index in [2.05, 4.69) is 4.98 Å². The number of benzene rings is 2. The lowest BCUT2D eigenvalue weighted by Gasteiger charge is -2.16. The van der Waals surface area contributed by atoms with Gasteiger partial charge in [0.05, 0.1) is 17.9 Å². The van der Waals surface area contributed by atoms with E-state index in [1.54, 1.807) is 18.2 Å². The molecule has 13 heteroatoms. The summed E-state index contributed by atoms with van der Waals surface area (Å²) in [6.07, 6.45) is 1.18. The third-order valence-electron chi connectivity index (χ3n) is 5.29. The molecule has 35 heavy (non-hydrogen) atoms. The molecular formula is C22H18ClF2N5O5. The van der Waals surface area contributed by atoms with Gasteiger partial charge < -0.3 is 15.6 Å². The Labute approximate surface area is 201 Å². The average molecular weight is 506 g/mol. The molecular weight excluding hydrogens is 488 g/mol. The number of carbonyl (C=O) groups excluding carboxylic acids is 2. The van der Waals surface area contributed by atoms with E-state index in [4.69, 9.17) is 22.1 Å². The second-order valence-electron chi connectivity index (χ2n) is 7.53. The molecule has 1 aromatic heterocycles. The number of ether oxygens (including phenoxy) is 1. The highest BCUT2D eigenvalue weighted by Gasteiger charge is 2.32. The van der Waals surface area contributed by atoms with Crippen molar-refractivity contribution < 1.29 is 28.2 Å². The summed E-state index contributed by atoms with van der Waals surface area (Å²) in [5, 5.41) is 8.90. The fourth-order valence-corrected chi connectivity index (χ4v) is 3.75. The fourth-order valence-electron chi connectivity index (χ4n) is 3.54. The van der Waals surface area contributed by atoms with Crippen molar-refractivity contribution in [2.45, 2.75) is 13.2 Å². The molecule has 0 saturated carbocycles. The Kier molecular flexibility index (Phi) is 6.67. The van der Waals surface area contributed by atoms with Gasteiger partial charge in [0.2, 0.25) is 5.88 Å². The number of anilines is 2. The van der Waals surface area contributed by atoms with Crippen LogP contribution in [0.25, 0.3) is 0 Å². The normalized spacial score (nSPS) is 12.6. The monoisotopic (exact) mass is 505 g/mol. The van der Waals surface area contributed by atoms with Gasteiger partial charge in [0, 0.05) is 11.6 Å². The standard InChI is InChI=1S/C22H18ClF2N5O5/c23-19-20(35-9-13-2-3-14(24)6-15(13)25)27-10-28(21(19)33)7-12-1-4-16-17(5-12)29(18(32)8-31)11-30(16)22(26)34/h1-6,10,31H,7-9,11H2,(H2,26,34). The number of aliphatic hydroxyl groups is 1. The first-order chi connectivity index (χ1) is 16.7. The summed E-state index contributed by atoms with van der Waals surface area (Å²) in [7, 11) is 0. The summed E-state index contributed by atoms with van der Waals surface area (Å²) in [5.74, 6) is -2.40. The first-order valence-corrected chi connectivity index (χ1v) is 10.5. The van der Waals surface area contributed by atoms with Gasteiger partial charge in [-0.2, -0.15) is 0 Å². The Balaban J connectivity index is 1.56. The van der Waals surface area contributed by atoms with E-state index in [0.717, 1.165) is 6.07 Å². The molecule has 4 rings (SSSR count). The molecule has 0 radical (unpaired) electrons. The van der Waals surface area contributed by atoms with Crippen LogP contribution in [-0.2, 0) is 17.9 Å². The van der Waals surface area contributed by atoms with Crippen molar-refractivity contribution in [1.29, 1.82) is 0 Å². The largest absolute Gasteiger partial charge is 0.471 e. The summed E-state index contributed by atoms with van der Waals surface area (Å²) < 4.78 is 33.4. The molecule has 1 aliphatic heterocycles. The third-order valence-corrected chi connectivity index (χ3v) is 5.61. The van der Waals surface area contributed by atoms with E-state index in [1.165, 1.54) is 26.8 Å². The quantitative estimate of drug-likeness (QED) is 0.527. The molecule has 0 atom stereocenters. The number of carbonyl (C=O) groups is 2. The fraction of sp³-hybridized carbons (Fsp3) is 0.182. The topological polar surface area (TPSA) is 131 Å². The van der Waals surface area contributed by atoms with Crippen LogP contribution in [0.4, 0.5) is 25.0 Å². The molecule has 3 amide bonds. The van der Waals surface area contributed by atoms with Gasteiger partial charge in [-0.3, -0.25) is 24.0 Å². The second kappa shape index (κ2) is 9.68. The number of nitrogens with two attached hydrogens (primary N) is 1. The molecule has 10 nitrogen and oxygen atoms in total. The Morgan fingerprint density at radius 1 is 1.14 bits per heavy atom. The van der Waals surface area contributed by atoms with Crippen molar-refractivity contribution >= 4 is 34.9 Å². The number of aliphatic hydroxyl groups excluding tert-OH is 1. The molecule has 3 N–H and O–H groups in total. The van der Waals surface area contributed by atoms with E-state index in [-0.39, 0.29) is 36.3 Å². The van der Waals surface area contributed by atoms with Crippen LogP contribution < -0.4 is 25.8 Å². The number of nitrogens with zero attached hydrogens (tertiary/aromatic N) is 4. The predicted octanol–water partition coefficient (Wildman–Crippen LogP) is 1.98. The number of primary amides is 1. The zero-order valence-corrected chi connectivity index (χ0v) is 18.7. The Hall–Kier alpha value is -4.03. The minimum absolute atomic E-state index is 0.00340. The number of hydrogen-bond donors (Lipinski definition) is 2. The molecule has 182 valence electrons. The summed E-state index contributed by atoms with van der Waals surface area (Å²) in [4.78, 5) is 42.9. The van der Waals surface area contributed by atoms with E-state index in [1.807, 2.05) is 0 Å². The van der Waals surface area contributed by atoms with Crippen LogP contribution in [0.2, 0.25) is 5.02 Å². The third kappa shape index (κ3) is 4.79. The highest BCUT2D eigenvalue weighted by atomic mass is 35.5. The van der Waals surface area contributed by atoms with Crippen LogP contribution in [0.1, 0.15) is 11.1 Å². The molecule has 0 unspecified atom stereocenters. The highest BCUT2D eigenvalue weighted by molar-refractivity contribution is 6.31. The van der Waals surface area contributed by atoms with Crippen molar-refractivity contribution in [2.75, 3.05) is 23.1 Å². The highest BCUT2D eigenvalue weighted by Crippen LogP contribution is 2.36. The first kappa shape index (κ1) is 24.1. The smallest absolute Gasteiger partial charge is 0.320 e. The Bertz CT molecular complexity index is 1380. The van der Waals surface area contributed by atoms with Crippen LogP contribution in [0.5, 0.6) is 5.88 Å². The van der Waals surface area contributed by atoms with Crippen molar-refractivity contribution in [1.82, 2.24) is 9.55 Å². The lowest BCUT2D eigenvalue weighted by atomic mass is 10.1. The number of fused-ring (bicyclic) bond motifs is 1. The van der Waals surface area contributed by atoms with Gasteiger partial charge >= 0.3 is 6.03 Å². The number of aromatic nitrogens is 2. The maximum absolute atomic E-state index is 13.8. The zero-order chi connectivity index (χ0) is 25.3. The van der Waals surface area contributed by atoms with E-state index < -0.39 is 35.7 Å². The summed E-state index contributed by atoms with van der Waals surface area (Å²) in [6, 6.07) is 6.99.